The molecule has 0 radical (unpaired) electrons. The molecule has 5 heteroatoms. The molecule has 0 aliphatic rings. The zero-order chi connectivity index (χ0) is 9.40. The van der Waals surface area contributed by atoms with Crippen molar-refractivity contribution in [1.82, 2.24) is 0 Å². The fourth-order valence-corrected chi connectivity index (χ4v) is 0.881. The summed E-state index contributed by atoms with van der Waals surface area (Å²) in [5.74, 6) is -1.04. The number of rotatable bonds is 6. The van der Waals surface area contributed by atoms with Gasteiger partial charge in [0.25, 0.3) is 0 Å². The average molecular weight is 171 g/mol. The molecule has 0 amide bonds. The fourth-order valence-electron chi connectivity index (χ4n) is 0.881. The first kappa shape index (κ1) is 10.8. The number of hydrogen-bond acceptors (Lipinski definition) is 2. The van der Waals surface area contributed by atoms with Crippen molar-refractivity contribution in [2.45, 2.75) is 38.6 Å². The van der Waals surface area contributed by atoms with Crippen LogP contribution in [-0.4, -0.2) is 17.1 Å². The molecule has 0 spiro atoms. The molecule has 1 atom stereocenters. The van der Waals surface area contributed by atoms with Gasteiger partial charge in [-0.3, -0.25) is 4.79 Å². The van der Waals surface area contributed by atoms with Crippen molar-refractivity contribution in [1.29, 1.82) is 0 Å². The van der Waals surface area contributed by atoms with E-state index < -0.39 is 12.0 Å². The highest BCUT2D eigenvalue weighted by molar-refractivity contribution is 5.73. The molecule has 0 saturated heterocycles. The third kappa shape index (κ3) is 4.57. The van der Waals surface area contributed by atoms with Gasteiger partial charge in [-0.1, -0.05) is 31.3 Å². The summed E-state index contributed by atoms with van der Waals surface area (Å²) in [6.45, 7) is 2.03. The molecule has 0 aromatic carbocycles. The van der Waals surface area contributed by atoms with Gasteiger partial charge in [-0.2, -0.15) is 0 Å². The molecule has 12 heavy (non-hydrogen) atoms. The zero-order valence-corrected chi connectivity index (χ0v) is 7.10. The molecule has 0 heterocycles. The van der Waals surface area contributed by atoms with Crippen LogP contribution in [-0.2, 0) is 4.79 Å². The number of carboxylic acid groups (broad SMARTS) is 1. The number of aliphatic carboxylic acids is 1. The summed E-state index contributed by atoms with van der Waals surface area (Å²) in [5.41, 5.74) is 8.04. The quantitative estimate of drug-likeness (QED) is 0.288. The SMILES string of the molecule is CCCCC[C@H](N=[N+]=[N-])C(=O)O. The van der Waals surface area contributed by atoms with Crippen LogP contribution in [0.2, 0.25) is 0 Å². The van der Waals surface area contributed by atoms with Gasteiger partial charge in [0, 0.05) is 4.91 Å². The van der Waals surface area contributed by atoms with E-state index in [9.17, 15) is 4.79 Å². The Labute approximate surface area is 71.0 Å². The van der Waals surface area contributed by atoms with Gasteiger partial charge in [0.05, 0.1) is 0 Å². The van der Waals surface area contributed by atoms with Crippen molar-refractivity contribution in [2.75, 3.05) is 0 Å². The molecular formula is C7H13N3O2. The molecule has 0 aromatic rings. The second kappa shape index (κ2) is 6.49. The molecule has 0 aliphatic heterocycles. The number of azide groups is 1. The van der Waals surface area contributed by atoms with Crippen LogP contribution in [0.4, 0.5) is 0 Å². The summed E-state index contributed by atoms with van der Waals surface area (Å²) >= 11 is 0. The van der Waals surface area contributed by atoms with Gasteiger partial charge >= 0.3 is 5.97 Å². The van der Waals surface area contributed by atoms with Crippen LogP contribution >= 0.6 is 0 Å². The predicted molar refractivity (Wildman–Crippen MR) is 44.7 cm³/mol. The van der Waals surface area contributed by atoms with Crippen LogP contribution < -0.4 is 0 Å². The predicted octanol–water partition coefficient (Wildman–Crippen LogP) is 2.33. The molecule has 68 valence electrons. The van der Waals surface area contributed by atoms with E-state index in [4.69, 9.17) is 10.6 Å². The Bertz CT molecular complexity index is 185. The first-order chi connectivity index (χ1) is 5.72. The van der Waals surface area contributed by atoms with Crippen LogP contribution in [0.5, 0.6) is 0 Å². The summed E-state index contributed by atoms with van der Waals surface area (Å²) in [6.07, 6.45) is 3.24. The van der Waals surface area contributed by atoms with Gasteiger partial charge in [0.1, 0.15) is 6.04 Å². The number of hydrogen-bond donors (Lipinski definition) is 1. The maximum absolute atomic E-state index is 10.4. The Kier molecular flexibility index (Phi) is 5.83. The minimum atomic E-state index is -1.04. The van der Waals surface area contributed by atoms with E-state index in [1.54, 1.807) is 0 Å². The Morgan fingerprint density at radius 2 is 2.33 bits per heavy atom. The number of unbranched alkanes of at least 4 members (excludes halogenated alkanes) is 2. The van der Waals surface area contributed by atoms with Crippen molar-refractivity contribution in [3.8, 4) is 0 Å². The van der Waals surface area contributed by atoms with Crippen LogP contribution in [0.25, 0.3) is 10.4 Å². The van der Waals surface area contributed by atoms with E-state index in [0.29, 0.717) is 6.42 Å². The third-order valence-electron chi connectivity index (χ3n) is 1.56. The number of carbonyl (C=O) groups is 1. The minimum absolute atomic E-state index is 0.438. The van der Waals surface area contributed by atoms with Gasteiger partial charge in [0.15, 0.2) is 0 Å². The molecule has 0 rings (SSSR count). The van der Waals surface area contributed by atoms with Crippen LogP contribution in [0.3, 0.4) is 0 Å². The third-order valence-corrected chi connectivity index (χ3v) is 1.56. The lowest BCUT2D eigenvalue weighted by molar-refractivity contribution is -0.138. The Hall–Kier alpha value is -1.22. The summed E-state index contributed by atoms with van der Waals surface area (Å²) in [6, 6.07) is -0.887. The molecule has 0 aromatic heterocycles. The molecular weight excluding hydrogens is 158 g/mol. The van der Waals surface area contributed by atoms with Gasteiger partial charge in [-0.15, -0.1) is 0 Å². The van der Waals surface area contributed by atoms with Crippen molar-refractivity contribution in [3.63, 3.8) is 0 Å². The van der Waals surface area contributed by atoms with Gasteiger partial charge in [0.2, 0.25) is 0 Å². The van der Waals surface area contributed by atoms with E-state index >= 15 is 0 Å². The van der Waals surface area contributed by atoms with E-state index in [2.05, 4.69) is 10.0 Å². The highest BCUT2D eigenvalue weighted by Crippen LogP contribution is 2.06. The van der Waals surface area contributed by atoms with Crippen LogP contribution in [0.15, 0.2) is 5.11 Å². The summed E-state index contributed by atoms with van der Waals surface area (Å²) in [7, 11) is 0. The monoisotopic (exact) mass is 171 g/mol. The Balaban J connectivity index is 3.79. The lowest BCUT2D eigenvalue weighted by atomic mass is 10.1. The molecule has 0 fully saturated rings. The largest absolute Gasteiger partial charge is 0.481 e. The van der Waals surface area contributed by atoms with Gasteiger partial charge in [-0.05, 0) is 12.0 Å². The van der Waals surface area contributed by atoms with E-state index in [0.717, 1.165) is 19.3 Å². The lowest BCUT2D eigenvalue weighted by Crippen LogP contribution is -2.16. The van der Waals surface area contributed by atoms with Crippen molar-refractivity contribution in [2.24, 2.45) is 5.11 Å². The first-order valence-electron chi connectivity index (χ1n) is 3.99. The fraction of sp³-hybridized carbons (Fsp3) is 0.857. The summed E-state index contributed by atoms with van der Waals surface area (Å²) in [4.78, 5) is 12.9. The topological polar surface area (TPSA) is 86.1 Å². The second-order valence-corrected chi connectivity index (χ2v) is 2.55. The van der Waals surface area contributed by atoms with Gasteiger partial charge in [-0.25, -0.2) is 0 Å². The minimum Gasteiger partial charge on any atom is -0.481 e. The smallest absolute Gasteiger partial charge is 0.312 e. The van der Waals surface area contributed by atoms with Crippen molar-refractivity contribution in [3.05, 3.63) is 10.4 Å². The Morgan fingerprint density at radius 3 is 2.75 bits per heavy atom. The highest BCUT2D eigenvalue weighted by Gasteiger charge is 2.13. The van der Waals surface area contributed by atoms with E-state index in [1.165, 1.54) is 0 Å². The van der Waals surface area contributed by atoms with Crippen LogP contribution in [0, 0.1) is 0 Å². The maximum Gasteiger partial charge on any atom is 0.312 e. The van der Waals surface area contributed by atoms with Gasteiger partial charge < -0.3 is 5.11 Å². The second-order valence-electron chi connectivity index (χ2n) is 2.55. The number of carboxylic acids is 1. The van der Waals surface area contributed by atoms with Crippen LogP contribution in [0.1, 0.15) is 32.6 Å². The molecule has 0 aliphatic carbocycles. The summed E-state index contributed by atoms with van der Waals surface area (Å²) < 4.78 is 0. The van der Waals surface area contributed by atoms with E-state index in [-0.39, 0.29) is 0 Å². The molecule has 0 bridgehead atoms. The maximum atomic E-state index is 10.4. The first-order valence-corrected chi connectivity index (χ1v) is 3.99. The lowest BCUT2D eigenvalue weighted by Gasteiger charge is -2.03. The summed E-state index contributed by atoms with van der Waals surface area (Å²) in [5, 5.41) is 11.7. The van der Waals surface area contributed by atoms with Crippen molar-refractivity contribution >= 4 is 5.97 Å². The van der Waals surface area contributed by atoms with Crippen molar-refractivity contribution < 1.29 is 9.90 Å². The highest BCUT2D eigenvalue weighted by atomic mass is 16.4. The Morgan fingerprint density at radius 1 is 1.67 bits per heavy atom. The van der Waals surface area contributed by atoms with E-state index in [1.807, 2.05) is 6.92 Å². The number of nitrogens with zero attached hydrogens (tertiary/aromatic N) is 3. The standard InChI is InChI=1S/C7H13N3O2/c1-2-3-4-5-6(7(11)12)9-10-8/h6H,2-5H2,1H3,(H,11,12)/t6-/m0/s1. The average Bonchev–Trinajstić information content (AvgIpc) is 2.03. The molecule has 0 unspecified atom stereocenters. The molecule has 0 saturated carbocycles. The molecule has 1 N–H and O–H groups in total. The zero-order valence-electron chi connectivity index (χ0n) is 7.10. The molecule has 5 nitrogen and oxygen atoms in total. The normalized spacial score (nSPS) is 11.8.